The summed E-state index contributed by atoms with van der Waals surface area (Å²) in [6, 6.07) is 0. The second kappa shape index (κ2) is 57.1. The van der Waals surface area contributed by atoms with Crippen LogP contribution in [0.25, 0.3) is 0 Å². The Kier molecular flexibility index (Phi) is 52.7. The Morgan fingerprint density at radius 2 is 0.563 bits per heavy atom. The molecule has 0 heterocycles. The van der Waals surface area contributed by atoms with Gasteiger partial charge >= 0.3 is 17.9 Å². The summed E-state index contributed by atoms with van der Waals surface area (Å²) < 4.78 is 16.7. The van der Waals surface area contributed by atoms with E-state index in [-0.39, 0.29) is 38.4 Å². The predicted octanol–water partition coefficient (Wildman–Crippen LogP) is 18.5. The Morgan fingerprint density at radius 1 is 0.296 bits per heavy atom. The van der Waals surface area contributed by atoms with Gasteiger partial charge in [0.1, 0.15) is 13.2 Å². The van der Waals surface area contributed by atoms with E-state index < -0.39 is 18.0 Å². The zero-order valence-electron chi connectivity index (χ0n) is 44.6. The normalized spacial score (nSPS) is 13.6. The Hall–Kier alpha value is -5.49. The number of carbonyl (C=O) groups is 3. The average Bonchev–Trinajstić information content (AvgIpc) is 3.37. The van der Waals surface area contributed by atoms with E-state index in [1.165, 1.54) is 25.7 Å². The van der Waals surface area contributed by atoms with E-state index in [4.69, 9.17) is 14.2 Å². The third-order valence-corrected chi connectivity index (χ3v) is 10.4. The fraction of sp³-hybridized carbons (Fsp3) is 0.492. The second-order valence-corrected chi connectivity index (χ2v) is 17.0. The van der Waals surface area contributed by atoms with Crippen LogP contribution >= 0.6 is 0 Å². The maximum absolute atomic E-state index is 12.8. The standard InChI is InChI=1S/C65H96O6/c1-4-7-10-13-16-19-22-25-28-31-32-35-37-40-43-46-49-52-55-58-64(67)70-61-62(71-65(68)59-56-53-50-47-44-41-38-34-30-27-24-21-18-15-12-9-6-3)60-69-63(66)57-54-51-48-45-42-39-36-33-29-26-23-20-17-14-11-8-5-2/h7-8,10-11,16-21,25-30,32,35-36,38-41,43,45,47-50,52,62H,4-6,9,12-15,22-24,31,33-34,37,42,44,46,51,53-61H2,1-3H3/b10-7-,11-8-,19-16-,20-17-,21-18-,28-25-,29-26-,30-27-,35-32-,39-36-,41-38-,43-40-,48-45-,50-47-,52-49-/t62-/m0/s1. The summed E-state index contributed by atoms with van der Waals surface area (Å²) in [5.41, 5.74) is 0. The van der Waals surface area contributed by atoms with E-state index in [0.29, 0.717) is 19.3 Å². The van der Waals surface area contributed by atoms with Crippen LogP contribution in [-0.2, 0) is 28.6 Å². The van der Waals surface area contributed by atoms with Gasteiger partial charge in [-0.1, -0.05) is 216 Å². The van der Waals surface area contributed by atoms with E-state index in [9.17, 15) is 14.4 Å². The van der Waals surface area contributed by atoms with Crippen LogP contribution in [0.5, 0.6) is 0 Å². The summed E-state index contributed by atoms with van der Waals surface area (Å²) >= 11 is 0. The van der Waals surface area contributed by atoms with Crippen molar-refractivity contribution in [3.8, 4) is 0 Å². The number of rotatable bonds is 46. The van der Waals surface area contributed by atoms with E-state index in [2.05, 4.69) is 191 Å². The minimum Gasteiger partial charge on any atom is -0.462 e. The zero-order valence-corrected chi connectivity index (χ0v) is 44.6. The van der Waals surface area contributed by atoms with Gasteiger partial charge in [-0.25, -0.2) is 0 Å². The van der Waals surface area contributed by atoms with Gasteiger partial charge in [0.05, 0.1) is 0 Å². The summed E-state index contributed by atoms with van der Waals surface area (Å²) in [7, 11) is 0. The smallest absolute Gasteiger partial charge is 0.306 e. The summed E-state index contributed by atoms with van der Waals surface area (Å²) in [6.45, 7) is 6.19. The third kappa shape index (κ3) is 55.3. The Morgan fingerprint density at radius 3 is 0.887 bits per heavy atom. The number of allylic oxidation sites excluding steroid dienone is 30. The van der Waals surface area contributed by atoms with E-state index in [1.54, 1.807) is 0 Å². The number of unbranched alkanes of at least 4 members (excludes halogenated alkanes) is 5. The Bertz CT molecular complexity index is 1730. The predicted molar refractivity (Wildman–Crippen MR) is 306 cm³/mol. The van der Waals surface area contributed by atoms with Crippen molar-refractivity contribution in [1.29, 1.82) is 0 Å². The Labute approximate surface area is 434 Å². The molecular formula is C65H96O6. The fourth-order valence-electron chi connectivity index (χ4n) is 6.38. The first-order valence-corrected chi connectivity index (χ1v) is 27.3. The van der Waals surface area contributed by atoms with Crippen LogP contribution in [0.2, 0.25) is 0 Å². The highest BCUT2D eigenvalue weighted by atomic mass is 16.6. The summed E-state index contributed by atoms with van der Waals surface area (Å²) in [6.07, 6.45) is 86.1. The highest BCUT2D eigenvalue weighted by Gasteiger charge is 2.19. The second-order valence-electron chi connectivity index (χ2n) is 17.0. The summed E-state index contributed by atoms with van der Waals surface area (Å²) in [4.78, 5) is 38.0. The highest BCUT2D eigenvalue weighted by molar-refractivity contribution is 5.71. The van der Waals surface area contributed by atoms with Crippen molar-refractivity contribution in [2.45, 2.75) is 194 Å². The molecule has 71 heavy (non-hydrogen) atoms. The van der Waals surface area contributed by atoms with Crippen LogP contribution in [0.1, 0.15) is 188 Å². The van der Waals surface area contributed by atoms with Crippen molar-refractivity contribution in [2.75, 3.05) is 13.2 Å². The molecule has 0 aliphatic heterocycles. The minimum absolute atomic E-state index is 0.163. The molecule has 0 saturated heterocycles. The summed E-state index contributed by atoms with van der Waals surface area (Å²) in [5.74, 6) is -1.17. The molecule has 1 atom stereocenters. The van der Waals surface area contributed by atoms with Gasteiger partial charge < -0.3 is 14.2 Å². The van der Waals surface area contributed by atoms with Crippen molar-refractivity contribution in [3.05, 3.63) is 182 Å². The molecular weight excluding hydrogens is 877 g/mol. The lowest BCUT2D eigenvalue weighted by molar-refractivity contribution is -0.166. The number of hydrogen-bond donors (Lipinski definition) is 0. The van der Waals surface area contributed by atoms with Crippen LogP contribution in [0.3, 0.4) is 0 Å². The van der Waals surface area contributed by atoms with E-state index in [0.717, 1.165) is 103 Å². The van der Waals surface area contributed by atoms with Gasteiger partial charge in [0.25, 0.3) is 0 Å². The van der Waals surface area contributed by atoms with Gasteiger partial charge in [0.2, 0.25) is 0 Å². The molecule has 6 heteroatoms. The van der Waals surface area contributed by atoms with Crippen LogP contribution in [0.4, 0.5) is 0 Å². The molecule has 0 N–H and O–H groups in total. The maximum Gasteiger partial charge on any atom is 0.306 e. The van der Waals surface area contributed by atoms with Crippen LogP contribution in [0.15, 0.2) is 182 Å². The van der Waals surface area contributed by atoms with E-state index in [1.807, 2.05) is 12.2 Å². The Balaban J connectivity index is 4.72. The van der Waals surface area contributed by atoms with Crippen LogP contribution < -0.4 is 0 Å². The molecule has 0 aromatic rings. The molecule has 0 unspecified atom stereocenters. The van der Waals surface area contributed by atoms with Gasteiger partial charge in [-0.2, -0.15) is 0 Å². The number of hydrogen-bond acceptors (Lipinski definition) is 6. The van der Waals surface area contributed by atoms with Crippen LogP contribution in [-0.4, -0.2) is 37.2 Å². The monoisotopic (exact) mass is 973 g/mol. The molecule has 0 amide bonds. The van der Waals surface area contributed by atoms with Gasteiger partial charge in [0, 0.05) is 19.3 Å². The van der Waals surface area contributed by atoms with Crippen molar-refractivity contribution >= 4 is 17.9 Å². The van der Waals surface area contributed by atoms with Crippen molar-refractivity contribution in [1.82, 2.24) is 0 Å². The SMILES string of the molecule is CC/C=C\C/C=C\C/C=C\C/C=C\C/C=C\C/C=C\CCC(=O)OC[C@H](COC(=O)CCC/C=C\C/C=C\C/C=C\C/C=C\C/C=C\CC)OC(=O)CCC/C=C\C/C=C\C/C=C\C/C=C\CCCCC. The molecule has 0 aliphatic carbocycles. The molecule has 0 aliphatic rings. The molecule has 0 aromatic carbocycles. The third-order valence-electron chi connectivity index (χ3n) is 10.4. The lowest BCUT2D eigenvalue weighted by Gasteiger charge is -2.18. The molecule has 0 spiro atoms. The lowest BCUT2D eigenvalue weighted by atomic mass is 10.2. The van der Waals surface area contributed by atoms with Gasteiger partial charge in [-0.05, 0) is 135 Å². The van der Waals surface area contributed by atoms with Crippen LogP contribution in [0, 0.1) is 0 Å². The lowest BCUT2D eigenvalue weighted by Crippen LogP contribution is -2.30. The first kappa shape index (κ1) is 65.5. The van der Waals surface area contributed by atoms with E-state index >= 15 is 0 Å². The first-order chi connectivity index (χ1) is 35.0. The molecule has 6 nitrogen and oxygen atoms in total. The minimum atomic E-state index is -0.871. The van der Waals surface area contributed by atoms with Gasteiger partial charge in [-0.3, -0.25) is 14.4 Å². The van der Waals surface area contributed by atoms with Crippen molar-refractivity contribution < 1.29 is 28.6 Å². The topological polar surface area (TPSA) is 78.9 Å². The molecule has 0 radical (unpaired) electrons. The van der Waals surface area contributed by atoms with Gasteiger partial charge in [-0.15, -0.1) is 0 Å². The molecule has 0 rings (SSSR count). The quantitative estimate of drug-likeness (QED) is 0.0262. The largest absolute Gasteiger partial charge is 0.462 e. The van der Waals surface area contributed by atoms with Crippen molar-refractivity contribution in [2.24, 2.45) is 0 Å². The highest BCUT2D eigenvalue weighted by Crippen LogP contribution is 2.08. The summed E-state index contributed by atoms with van der Waals surface area (Å²) in [5, 5.41) is 0. The fourth-order valence-corrected chi connectivity index (χ4v) is 6.38. The maximum atomic E-state index is 12.8. The first-order valence-electron chi connectivity index (χ1n) is 27.3. The average molecular weight is 973 g/mol. The molecule has 0 aromatic heterocycles. The zero-order chi connectivity index (χ0) is 51.4. The van der Waals surface area contributed by atoms with Gasteiger partial charge in [0.15, 0.2) is 6.10 Å². The number of ether oxygens (including phenoxy) is 3. The number of carbonyl (C=O) groups excluding carboxylic acids is 3. The number of esters is 3. The molecule has 0 bridgehead atoms. The molecule has 392 valence electrons. The molecule has 0 saturated carbocycles. The van der Waals surface area contributed by atoms with Crippen molar-refractivity contribution in [3.63, 3.8) is 0 Å². The molecule has 0 fully saturated rings.